The number of aliphatic hydroxyl groups excluding tert-OH is 2. The van der Waals surface area contributed by atoms with E-state index in [1.165, 1.54) is 0 Å². The maximum atomic E-state index is 14.0. The zero-order valence-electron chi connectivity index (χ0n) is 22.1. The highest BCUT2D eigenvalue weighted by Crippen LogP contribution is 2.61. The van der Waals surface area contributed by atoms with Crippen molar-refractivity contribution < 1.29 is 51.6 Å². The molecular formula is C28H38F4O7. The highest BCUT2D eigenvalue weighted by atomic mass is 19.3. The molecule has 5 atom stereocenters. The van der Waals surface area contributed by atoms with Crippen molar-refractivity contribution >= 4 is 11.9 Å². The van der Waals surface area contributed by atoms with Crippen LogP contribution in [0.4, 0.5) is 17.6 Å². The molecule has 0 heterocycles. The van der Waals surface area contributed by atoms with Crippen LogP contribution >= 0.6 is 0 Å². The number of esters is 2. The Morgan fingerprint density at radius 2 is 1.21 bits per heavy atom. The number of halogens is 4. The molecule has 0 saturated heterocycles. The van der Waals surface area contributed by atoms with Crippen molar-refractivity contribution in [2.75, 3.05) is 13.2 Å². The summed E-state index contributed by atoms with van der Waals surface area (Å²) in [6, 6.07) is 0. The molecule has 8 aliphatic carbocycles. The topological polar surface area (TPSA) is 102 Å². The molecule has 8 bridgehead atoms. The molecule has 220 valence electrons. The number of ether oxygens (including phenoxy) is 3. The first-order chi connectivity index (χ1) is 18.2. The summed E-state index contributed by atoms with van der Waals surface area (Å²) in [4.78, 5) is 26.8. The summed E-state index contributed by atoms with van der Waals surface area (Å²) in [5.41, 5.74) is -1.65. The Balaban J connectivity index is 1.15. The van der Waals surface area contributed by atoms with Gasteiger partial charge in [-0.25, -0.2) is 0 Å². The van der Waals surface area contributed by atoms with Crippen molar-refractivity contribution in [2.45, 2.75) is 101 Å². The molecule has 0 aromatic carbocycles. The van der Waals surface area contributed by atoms with Crippen LogP contribution in [0.1, 0.15) is 71.1 Å². The molecular weight excluding hydrogens is 524 g/mol. The molecule has 8 aliphatic rings. The second kappa shape index (κ2) is 9.28. The Morgan fingerprint density at radius 1 is 0.769 bits per heavy atom. The fourth-order valence-corrected chi connectivity index (χ4v) is 9.53. The van der Waals surface area contributed by atoms with E-state index in [0.29, 0.717) is 44.4 Å². The summed E-state index contributed by atoms with van der Waals surface area (Å²) in [5, 5.41) is 21.0. The van der Waals surface area contributed by atoms with Gasteiger partial charge in [-0.3, -0.25) is 9.59 Å². The van der Waals surface area contributed by atoms with Crippen LogP contribution in [0.5, 0.6) is 0 Å². The predicted molar refractivity (Wildman–Crippen MR) is 126 cm³/mol. The summed E-state index contributed by atoms with van der Waals surface area (Å²) in [6.45, 7) is -1.62. The number of rotatable bonds is 9. The third-order valence-electron chi connectivity index (χ3n) is 10.9. The first-order valence-electron chi connectivity index (χ1n) is 14.3. The van der Waals surface area contributed by atoms with Crippen molar-refractivity contribution in [1.82, 2.24) is 0 Å². The van der Waals surface area contributed by atoms with Gasteiger partial charge in [0.1, 0.15) is 6.61 Å². The van der Waals surface area contributed by atoms with Crippen LogP contribution in [-0.4, -0.2) is 65.7 Å². The Kier molecular flexibility index (Phi) is 6.59. The third kappa shape index (κ3) is 4.68. The highest BCUT2D eigenvalue weighted by Gasteiger charge is 2.61. The van der Waals surface area contributed by atoms with Crippen LogP contribution in [0, 0.1) is 46.3 Å². The number of alkyl halides is 4. The Hall–Kier alpha value is -1.46. The SMILES string of the molecule is CC(F)(F)C(F)(F)OCC(COC(=O)C12CC3CC(C1)C(O)C(C3)C2)OC(=O)C12CC3CC(C1)C(O)C(C3)C2. The van der Waals surface area contributed by atoms with Gasteiger partial charge in [0.15, 0.2) is 6.10 Å². The van der Waals surface area contributed by atoms with E-state index in [0.717, 1.165) is 25.7 Å². The molecule has 2 N–H and O–H groups in total. The zero-order chi connectivity index (χ0) is 28.0. The minimum Gasteiger partial charge on any atom is -0.461 e. The third-order valence-corrected chi connectivity index (χ3v) is 10.9. The van der Waals surface area contributed by atoms with E-state index in [1.807, 2.05) is 0 Å². The highest BCUT2D eigenvalue weighted by molar-refractivity contribution is 5.79. The number of carbonyl (C=O) groups excluding carboxylic acids is 2. The fourth-order valence-electron chi connectivity index (χ4n) is 9.53. The maximum Gasteiger partial charge on any atom is 0.419 e. The van der Waals surface area contributed by atoms with Gasteiger partial charge < -0.3 is 24.4 Å². The maximum absolute atomic E-state index is 14.0. The largest absolute Gasteiger partial charge is 0.461 e. The summed E-state index contributed by atoms with van der Waals surface area (Å²) >= 11 is 0. The molecule has 39 heavy (non-hydrogen) atoms. The molecule has 8 saturated carbocycles. The lowest BCUT2D eigenvalue weighted by Crippen LogP contribution is -2.57. The van der Waals surface area contributed by atoms with Gasteiger partial charge >= 0.3 is 24.0 Å². The summed E-state index contributed by atoms with van der Waals surface area (Å²) < 4.78 is 70.2. The van der Waals surface area contributed by atoms with Gasteiger partial charge in [-0.15, -0.1) is 0 Å². The minimum atomic E-state index is -4.80. The monoisotopic (exact) mass is 562 g/mol. The van der Waals surface area contributed by atoms with E-state index < -0.39 is 66.3 Å². The smallest absolute Gasteiger partial charge is 0.419 e. The first-order valence-corrected chi connectivity index (χ1v) is 14.3. The van der Waals surface area contributed by atoms with Crippen LogP contribution in [0.2, 0.25) is 0 Å². The first kappa shape index (κ1) is 27.7. The Morgan fingerprint density at radius 3 is 1.64 bits per heavy atom. The molecule has 0 radical (unpaired) electrons. The van der Waals surface area contributed by atoms with Gasteiger partial charge in [-0.05, 0) is 99.7 Å². The number of aliphatic hydroxyl groups is 2. The molecule has 8 fully saturated rings. The zero-order valence-corrected chi connectivity index (χ0v) is 22.1. The molecule has 7 nitrogen and oxygen atoms in total. The van der Waals surface area contributed by atoms with Crippen LogP contribution < -0.4 is 0 Å². The van der Waals surface area contributed by atoms with E-state index in [1.54, 1.807) is 0 Å². The normalized spacial score (nSPS) is 44.9. The molecule has 0 spiro atoms. The molecule has 0 aliphatic heterocycles. The fraction of sp³-hybridized carbons (Fsp3) is 0.929. The van der Waals surface area contributed by atoms with Gasteiger partial charge in [-0.1, -0.05) is 0 Å². The predicted octanol–water partition coefficient (Wildman–Crippen LogP) is 4.08. The quantitative estimate of drug-likeness (QED) is 0.323. The van der Waals surface area contributed by atoms with E-state index in [4.69, 9.17) is 9.47 Å². The van der Waals surface area contributed by atoms with Crippen LogP contribution in [-0.2, 0) is 23.8 Å². The average Bonchev–Trinajstić information content (AvgIpc) is 2.85. The molecule has 0 aromatic heterocycles. The van der Waals surface area contributed by atoms with E-state index >= 15 is 0 Å². The van der Waals surface area contributed by atoms with Crippen molar-refractivity contribution in [3.05, 3.63) is 0 Å². The van der Waals surface area contributed by atoms with Gasteiger partial charge in [0.2, 0.25) is 0 Å². The minimum absolute atomic E-state index is 0.0117. The standard InChI is InChI=1S/C28H38F4O7/c1-25(29,30)28(31,32)38-13-20(39-24(36)27-7-15-4-18(10-27)22(34)19(5-15)11-27)12-37-23(35)26-6-14-2-16(8-26)21(33)17(3-14)9-26/h14-22,33-34H,2-13H2,1H3. The summed E-state index contributed by atoms with van der Waals surface area (Å²) in [5.74, 6) is -5.10. The van der Waals surface area contributed by atoms with Crippen LogP contribution in [0.25, 0.3) is 0 Å². The van der Waals surface area contributed by atoms with Crippen LogP contribution in [0.15, 0.2) is 0 Å². The van der Waals surface area contributed by atoms with Gasteiger partial charge in [0, 0.05) is 6.92 Å². The van der Waals surface area contributed by atoms with E-state index in [9.17, 15) is 37.4 Å². The number of hydrogen-bond acceptors (Lipinski definition) is 7. The van der Waals surface area contributed by atoms with Crippen LogP contribution in [0.3, 0.4) is 0 Å². The van der Waals surface area contributed by atoms with Crippen molar-refractivity contribution in [2.24, 2.45) is 46.3 Å². The lowest BCUT2D eigenvalue weighted by atomic mass is 9.48. The Bertz CT molecular complexity index is 967. The van der Waals surface area contributed by atoms with Crippen molar-refractivity contribution in [3.63, 3.8) is 0 Å². The lowest BCUT2D eigenvalue weighted by molar-refractivity contribution is -0.346. The summed E-state index contributed by atoms with van der Waals surface area (Å²) in [7, 11) is 0. The molecule has 0 aromatic rings. The van der Waals surface area contributed by atoms with Gasteiger partial charge in [-0.2, -0.15) is 17.6 Å². The summed E-state index contributed by atoms with van der Waals surface area (Å²) in [6.07, 6.45) is -0.834. The second-order valence-corrected chi connectivity index (χ2v) is 13.8. The molecule has 11 heteroatoms. The van der Waals surface area contributed by atoms with Crippen molar-refractivity contribution in [1.29, 1.82) is 0 Å². The molecule has 5 unspecified atom stereocenters. The average molecular weight is 563 g/mol. The van der Waals surface area contributed by atoms with E-state index in [-0.39, 0.29) is 36.5 Å². The van der Waals surface area contributed by atoms with Gasteiger partial charge in [0.25, 0.3) is 0 Å². The number of carbonyl (C=O) groups is 2. The molecule has 8 rings (SSSR count). The Labute approximate surface area is 224 Å². The van der Waals surface area contributed by atoms with Crippen molar-refractivity contribution in [3.8, 4) is 0 Å². The lowest BCUT2D eigenvalue weighted by Gasteiger charge is -2.57. The number of hydrogen-bond donors (Lipinski definition) is 2. The second-order valence-electron chi connectivity index (χ2n) is 13.8. The molecule has 0 amide bonds. The van der Waals surface area contributed by atoms with Gasteiger partial charge in [0.05, 0.1) is 29.6 Å². The van der Waals surface area contributed by atoms with E-state index in [2.05, 4.69) is 4.74 Å².